The van der Waals surface area contributed by atoms with E-state index in [9.17, 15) is 18.0 Å². The normalized spacial score (nSPS) is 21.2. The number of carbonyl (C=O) groups is 1. The lowest BCUT2D eigenvalue weighted by Crippen LogP contribution is -2.48. The van der Waals surface area contributed by atoms with Crippen LogP contribution in [-0.2, 0) is 0 Å². The highest BCUT2D eigenvalue weighted by Crippen LogP contribution is 2.33. The van der Waals surface area contributed by atoms with Gasteiger partial charge in [0.05, 0.1) is 12.2 Å². The van der Waals surface area contributed by atoms with Crippen molar-refractivity contribution in [2.24, 2.45) is 0 Å². The van der Waals surface area contributed by atoms with Gasteiger partial charge < -0.3 is 9.64 Å². The molecule has 0 aromatic heterocycles. The predicted molar refractivity (Wildman–Crippen MR) is 72.2 cm³/mol. The monoisotopic (exact) mass is 301 g/mol. The Labute approximate surface area is 121 Å². The van der Waals surface area contributed by atoms with Gasteiger partial charge in [0, 0.05) is 25.4 Å². The quantitative estimate of drug-likeness (QED) is 0.855. The van der Waals surface area contributed by atoms with Gasteiger partial charge in [0.15, 0.2) is 11.6 Å². The Hall–Kier alpha value is -1.72. The number of carbonyl (C=O) groups excluding carboxylic acids is 1. The molecule has 3 nitrogen and oxygen atoms in total. The van der Waals surface area contributed by atoms with Crippen LogP contribution in [0, 0.1) is 5.82 Å². The van der Waals surface area contributed by atoms with E-state index in [0.29, 0.717) is 0 Å². The Bertz CT molecular complexity index is 534. The van der Waals surface area contributed by atoms with Crippen LogP contribution in [0.1, 0.15) is 37.0 Å². The first-order valence-electron chi connectivity index (χ1n) is 6.96. The summed E-state index contributed by atoms with van der Waals surface area (Å²) in [4.78, 5) is 13.9. The molecule has 1 fully saturated rings. The lowest BCUT2D eigenvalue weighted by atomic mass is 9.98. The number of amides is 1. The number of ether oxygens (including phenoxy) is 1. The van der Waals surface area contributed by atoms with Gasteiger partial charge in [0.1, 0.15) is 0 Å². The summed E-state index contributed by atoms with van der Waals surface area (Å²) in [6.07, 6.45) is -0.750. The number of hydrogen-bond donors (Lipinski definition) is 0. The van der Waals surface area contributed by atoms with Crippen molar-refractivity contribution in [3.05, 3.63) is 29.6 Å². The van der Waals surface area contributed by atoms with E-state index in [1.54, 1.807) is 13.8 Å². The van der Waals surface area contributed by atoms with E-state index in [1.807, 2.05) is 0 Å². The molecule has 2 rings (SSSR count). The number of para-hydroxylation sites is 1. The number of benzene rings is 1. The van der Waals surface area contributed by atoms with Crippen molar-refractivity contribution in [1.29, 1.82) is 0 Å². The molecule has 0 radical (unpaired) electrons. The summed E-state index contributed by atoms with van der Waals surface area (Å²) < 4.78 is 45.6. The summed E-state index contributed by atoms with van der Waals surface area (Å²) in [5.74, 6) is -3.96. The second kappa shape index (κ2) is 5.95. The number of alkyl halides is 2. The minimum Gasteiger partial charge on any atom is -0.490 e. The molecule has 1 aromatic rings. The SMILES string of the molecule is CCOc1c(F)cccc1C(=O)N1CCC(F)(F)CC1C. The molecule has 1 atom stereocenters. The summed E-state index contributed by atoms with van der Waals surface area (Å²) in [6, 6.07) is 3.47. The topological polar surface area (TPSA) is 29.5 Å². The smallest absolute Gasteiger partial charge is 0.257 e. The molecule has 1 aliphatic heterocycles. The Balaban J connectivity index is 2.27. The first-order valence-corrected chi connectivity index (χ1v) is 6.96. The zero-order valence-corrected chi connectivity index (χ0v) is 12.0. The molecular weight excluding hydrogens is 283 g/mol. The minimum absolute atomic E-state index is 0.0465. The van der Waals surface area contributed by atoms with Crippen molar-refractivity contribution < 1.29 is 22.7 Å². The molecule has 21 heavy (non-hydrogen) atoms. The Morgan fingerprint density at radius 1 is 1.48 bits per heavy atom. The molecule has 1 amide bonds. The fraction of sp³-hybridized carbons (Fsp3) is 0.533. The lowest BCUT2D eigenvalue weighted by Gasteiger charge is -2.37. The van der Waals surface area contributed by atoms with Crippen molar-refractivity contribution in [1.82, 2.24) is 4.90 Å². The van der Waals surface area contributed by atoms with Crippen LogP contribution in [0.4, 0.5) is 13.2 Å². The molecule has 1 heterocycles. The predicted octanol–water partition coefficient (Wildman–Crippen LogP) is 3.48. The maximum Gasteiger partial charge on any atom is 0.257 e. The van der Waals surface area contributed by atoms with Gasteiger partial charge in [-0.25, -0.2) is 13.2 Å². The van der Waals surface area contributed by atoms with Gasteiger partial charge in [-0.1, -0.05) is 6.07 Å². The molecule has 0 aliphatic carbocycles. The van der Waals surface area contributed by atoms with Crippen LogP contribution in [0.2, 0.25) is 0 Å². The first kappa shape index (κ1) is 15.7. The molecule has 0 saturated carbocycles. The summed E-state index contributed by atoms with van der Waals surface area (Å²) in [5, 5.41) is 0. The van der Waals surface area contributed by atoms with Crippen molar-refractivity contribution in [2.45, 2.75) is 38.7 Å². The highest BCUT2D eigenvalue weighted by Gasteiger charge is 2.40. The van der Waals surface area contributed by atoms with Crippen LogP contribution >= 0.6 is 0 Å². The number of rotatable bonds is 3. The van der Waals surface area contributed by atoms with E-state index in [1.165, 1.54) is 23.1 Å². The summed E-state index contributed by atoms with van der Waals surface area (Å²) in [5.41, 5.74) is 0.0777. The molecule has 0 spiro atoms. The van der Waals surface area contributed by atoms with Crippen molar-refractivity contribution in [3.63, 3.8) is 0 Å². The average molecular weight is 301 g/mol. The van der Waals surface area contributed by atoms with Crippen LogP contribution in [0.3, 0.4) is 0 Å². The van der Waals surface area contributed by atoms with E-state index in [0.717, 1.165) is 0 Å². The van der Waals surface area contributed by atoms with Gasteiger partial charge in [-0.15, -0.1) is 0 Å². The second-order valence-corrected chi connectivity index (χ2v) is 5.21. The maximum absolute atomic E-state index is 13.8. The fourth-order valence-electron chi connectivity index (χ4n) is 2.57. The third-order valence-corrected chi connectivity index (χ3v) is 3.59. The molecule has 116 valence electrons. The Kier molecular flexibility index (Phi) is 4.44. The van der Waals surface area contributed by atoms with E-state index in [4.69, 9.17) is 4.74 Å². The fourth-order valence-corrected chi connectivity index (χ4v) is 2.57. The van der Waals surface area contributed by atoms with Crippen LogP contribution < -0.4 is 4.74 Å². The first-order chi connectivity index (χ1) is 9.85. The number of likely N-dealkylation sites (tertiary alicyclic amines) is 1. The van der Waals surface area contributed by atoms with Gasteiger partial charge >= 0.3 is 0 Å². The van der Waals surface area contributed by atoms with Crippen molar-refractivity contribution in [2.75, 3.05) is 13.2 Å². The highest BCUT2D eigenvalue weighted by atomic mass is 19.3. The summed E-state index contributed by atoms with van der Waals surface area (Å²) in [7, 11) is 0. The van der Waals surface area contributed by atoms with Gasteiger partial charge in [-0.3, -0.25) is 4.79 Å². The van der Waals surface area contributed by atoms with Crippen LogP contribution in [0.25, 0.3) is 0 Å². The largest absolute Gasteiger partial charge is 0.490 e. The summed E-state index contributed by atoms with van der Waals surface area (Å²) in [6.45, 7) is 3.43. The average Bonchev–Trinajstić information content (AvgIpc) is 2.39. The van der Waals surface area contributed by atoms with Crippen LogP contribution in [-0.4, -0.2) is 35.9 Å². The zero-order valence-electron chi connectivity index (χ0n) is 12.0. The van der Waals surface area contributed by atoms with E-state index in [-0.39, 0.29) is 37.3 Å². The highest BCUT2D eigenvalue weighted by molar-refractivity contribution is 5.97. The third kappa shape index (κ3) is 3.31. The molecule has 1 aliphatic rings. The number of hydrogen-bond acceptors (Lipinski definition) is 2. The standard InChI is InChI=1S/C15H18F3NO2/c1-3-21-13-11(5-4-6-12(13)16)14(20)19-8-7-15(17,18)9-10(19)2/h4-6,10H,3,7-9H2,1-2H3. The van der Waals surface area contributed by atoms with Crippen molar-refractivity contribution in [3.8, 4) is 5.75 Å². The second-order valence-electron chi connectivity index (χ2n) is 5.21. The van der Waals surface area contributed by atoms with Gasteiger partial charge in [0.25, 0.3) is 11.8 Å². The van der Waals surface area contributed by atoms with Gasteiger partial charge in [-0.2, -0.15) is 0 Å². The molecule has 1 saturated heterocycles. The number of halogens is 3. The zero-order chi connectivity index (χ0) is 15.6. The van der Waals surface area contributed by atoms with E-state index >= 15 is 0 Å². The Morgan fingerprint density at radius 3 is 2.81 bits per heavy atom. The van der Waals surface area contributed by atoms with Crippen LogP contribution in [0.5, 0.6) is 5.75 Å². The van der Waals surface area contributed by atoms with Crippen molar-refractivity contribution >= 4 is 5.91 Å². The molecule has 6 heteroatoms. The van der Waals surface area contributed by atoms with Crippen LogP contribution in [0.15, 0.2) is 18.2 Å². The van der Waals surface area contributed by atoms with Gasteiger partial charge in [0.2, 0.25) is 0 Å². The molecular formula is C15H18F3NO2. The van der Waals surface area contributed by atoms with E-state index in [2.05, 4.69) is 0 Å². The Morgan fingerprint density at radius 2 is 2.19 bits per heavy atom. The number of piperidine rings is 1. The van der Waals surface area contributed by atoms with E-state index < -0.39 is 23.7 Å². The number of nitrogens with zero attached hydrogens (tertiary/aromatic N) is 1. The van der Waals surface area contributed by atoms with Gasteiger partial charge in [-0.05, 0) is 26.0 Å². The lowest BCUT2D eigenvalue weighted by molar-refractivity contribution is -0.0665. The summed E-state index contributed by atoms with van der Waals surface area (Å²) >= 11 is 0. The third-order valence-electron chi connectivity index (χ3n) is 3.59. The molecule has 1 unspecified atom stereocenters. The molecule has 1 aromatic carbocycles. The molecule has 0 bridgehead atoms. The minimum atomic E-state index is -2.75. The molecule has 0 N–H and O–H groups in total. The maximum atomic E-state index is 13.8.